The summed E-state index contributed by atoms with van der Waals surface area (Å²) in [5.74, 6) is 0. The molecule has 0 aliphatic carbocycles. The molecule has 13 heavy (non-hydrogen) atoms. The van der Waals surface area contributed by atoms with Crippen molar-refractivity contribution in [2.24, 2.45) is 5.11 Å². The Morgan fingerprint density at radius 3 is 3.54 bits per heavy atom. The maximum absolute atomic E-state index is 8.23. The first-order chi connectivity index (χ1) is 6.42. The molecule has 2 rings (SSSR count). The first kappa shape index (κ1) is 8.56. The predicted molar refractivity (Wildman–Crippen MR) is 52.8 cm³/mol. The second-order valence-corrected chi connectivity index (χ2v) is 3.97. The van der Waals surface area contributed by atoms with Crippen LogP contribution in [0.2, 0.25) is 0 Å². The van der Waals surface area contributed by atoms with Gasteiger partial charge in [0, 0.05) is 28.9 Å². The maximum atomic E-state index is 8.23. The highest BCUT2D eigenvalue weighted by molar-refractivity contribution is 7.10. The quantitative estimate of drug-likeness (QED) is 0.438. The first-order valence-electron chi connectivity index (χ1n) is 4.22. The summed E-state index contributed by atoms with van der Waals surface area (Å²) in [4.78, 5) is 4.20. The van der Waals surface area contributed by atoms with E-state index in [1.165, 1.54) is 10.4 Å². The molecule has 2 heterocycles. The van der Waals surface area contributed by atoms with Crippen molar-refractivity contribution in [3.8, 4) is 0 Å². The van der Waals surface area contributed by atoms with Gasteiger partial charge >= 0.3 is 0 Å². The van der Waals surface area contributed by atoms with E-state index in [4.69, 9.17) is 5.53 Å². The van der Waals surface area contributed by atoms with Gasteiger partial charge in [-0.2, -0.15) is 0 Å². The van der Waals surface area contributed by atoms with E-state index in [-0.39, 0.29) is 6.04 Å². The first-order valence-corrected chi connectivity index (χ1v) is 5.10. The van der Waals surface area contributed by atoms with Crippen LogP contribution in [-0.4, -0.2) is 13.1 Å². The van der Waals surface area contributed by atoms with Gasteiger partial charge in [-0.1, -0.05) is 5.11 Å². The number of nitrogens with zero attached hydrogens (tertiary/aromatic N) is 3. The summed E-state index contributed by atoms with van der Waals surface area (Å²) in [6, 6.07) is 2.34. The summed E-state index contributed by atoms with van der Waals surface area (Å²) >= 11 is 1.79. The highest BCUT2D eigenvalue weighted by atomic mass is 32.1. The normalized spacial score (nSPS) is 20.5. The van der Waals surface area contributed by atoms with Crippen molar-refractivity contribution in [2.45, 2.75) is 12.5 Å². The molecule has 0 fully saturated rings. The van der Waals surface area contributed by atoms with E-state index in [0.717, 1.165) is 13.0 Å². The Morgan fingerprint density at radius 1 is 1.77 bits per heavy atom. The summed E-state index contributed by atoms with van der Waals surface area (Å²) < 4.78 is 0. The molecule has 0 saturated heterocycles. The van der Waals surface area contributed by atoms with Crippen LogP contribution in [0.25, 0.3) is 10.4 Å². The van der Waals surface area contributed by atoms with E-state index in [2.05, 4.69) is 26.8 Å². The van der Waals surface area contributed by atoms with Crippen LogP contribution in [0.15, 0.2) is 16.6 Å². The Kier molecular flexibility index (Phi) is 2.49. The zero-order chi connectivity index (χ0) is 9.10. The van der Waals surface area contributed by atoms with Crippen LogP contribution >= 0.6 is 11.3 Å². The summed E-state index contributed by atoms with van der Waals surface area (Å²) in [5.41, 5.74) is 9.54. The smallest absolute Gasteiger partial charge is 0.0454 e. The zero-order valence-corrected chi connectivity index (χ0v) is 7.92. The van der Waals surface area contributed by atoms with Crippen molar-refractivity contribution < 1.29 is 0 Å². The highest BCUT2D eigenvalue weighted by Gasteiger charge is 2.19. The van der Waals surface area contributed by atoms with Gasteiger partial charge in [-0.25, -0.2) is 0 Å². The number of hydrogen-bond donors (Lipinski definition) is 1. The van der Waals surface area contributed by atoms with Crippen molar-refractivity contribution >= 4 is 11.3 Å². The fourth-order valence-corrected chi connectivity index (χ4v) is 2.56. The fourth-order valence-electron chi connectivity index (χ4n) is 1.62. The van der Waals surface area contributed by atoms with Crippen LogP contribution in [0.3, 0.4) is 0 Å². The number of hydrogen-bond acceptors (Lipinski definition) is 3. The van der Waals surface area contributed by atoms with E-state index in [1.807, 2.05) is 0 Å². The maximum Gasteiger partial charge on any atom is 0.0454 e. The van der Waals surface area contributed by atoms with Gasteiger partial charge in [0.05, 0.1) is 0 Å². The lowest BCUT2D eigenvalue weighted by Gasteiger charge is -2.22. The zero-order valence-electron chi connectivity index (χ0n) is 7.10. The number of fused-ring (bicyclic) bond motifs is 1. The molecule has 0 spiro atoms. The van der Waals surface area contributed by atoms with Gasteiger partial charge in [0.2, 0.25) is 0 Å². The minimum Gasteiger partial charge on any atom is -0.309 e. The molecule has 0 aromatic carbocycles. The van der Waals surface area contributed by atoms with E-state index >= 15 is 0 Å². The number of azide groups is 1. The van der Waals surface area contributed by atoms with Crippen LogP contribution in [-0.2, 0) is 6.42 Å². The average molecular weight is 194 g/mol. The molecule has 68 valence electrons. The standard InChI is InChI=1S/C8H10N4S/c9-12-11-5-7-6-2-4-13-8(6)1-3-10-7/h2,4,7,10H,1,3,5H2. The summed E-state index contributed by atoms with van der Waals surface area (Å²) in [7, 11) is 0. The molecule has 1 aliphatic rings. The molecule has 0 amide bonds. The largest absolute Gasteiger partial charge is 0.309 e. The molecule has 1 unspecified atom stereocenters. The molecular weight excluding hydrogens is 184 g/mol. The van der Waals surface area contributed by atoms with Crippen molar-refractivity contribution in [2.75, 3.05) is 13.1 Å². The molecular formula is C8H10N4S. The molecule has 4 nitrogen and oxygen atoms in total. The second kappa shape index (κ2) is 3.79. The Labute approximate surface area is 80.2 Å². The molecule has 1 atom stereocenters. The van der Waals surface area contributed by atoms with Gasteiger partial charge in [-0.15, -0.1) is 11.3 Å². The number of rotatable bonds is 2. The van der Waals surface area contributed by atoms with Gasteiger partial charge in [0.1, 0.15) is 0 Å². The lowest BCUT2D eigenvalue weighted by Crippen LogP contribution is -2.30. The minimum atomic E-state index is 0.228. The van der Waals surface area contributed by atoms with E-state index in [9.17, 15) is 0 Å². The van der Waals surface area contributed by atoms with Crippen molar-refractivity contribution in [3.63, 3.8) is 0 Å². The Balaban J connectivity index is 2.19. The Morgan fingerprint density at radius 2 is 2.69 bits per heavy atom. The predicted octanol–water partition coefficient (Wildman–Crippen LogP) is 2.25. The van der Waals surface area contributed by atoms with Crippen LogP contribution in [0.5, 0.6) is 0 Å². The van der Waals surface area contributed by atoms with E-state index in [1.54, 1.807) is 11.3 Å². The third-order valence-corrected chi connectivity index (χ3v) is 3.22. The molecule has 1 aromatic rings. The van der Waals surface area contributed by atoms with Crippen LogP contribution < -0.4 is 5.32 Å². The summed E-state index contributed by atoms with van der Waals surface area (Å²) in [5, 5.41) is 9.03. The van der Waals surface area contributed by atoms with Crippen LogP contribution in [0.1, 0.15) is 16.5 Å². The topological polar surface area (TPSA) is 60.8 Å². The number of nitrogens with one attached hydrogen (secondary N) is 1. The molecule has 0 radical (unpaired) electrons. The average Bonchev–Trinajstić information content (AvgIpc) is 2.62. The molecule has 0 saturated carbocycles. The van der Waals surface area contributed by atoms with Gasteiger partial charge < -0.3 is 5.32 Å². The summed E-state index contributed by atoms with van der Waals surface area (Å²) in [6.45, 7) is 1.50. The third kappa shape index (κ3) is 1.67. The van der Waals surface area contributed by atoms with Gasteiger partial charge in [0.25, 0.3) is 0 Å². The molecule has 5 heteroatoms. The van der Waals surface area contributed by atoms with E-state index < -0.39 is 0 Å². The van der Waals surface area contributed by atoms with Crippen LogP contribution in [0, 0.1) is 0 Å². The molecule has 1 aromatic heterocycles. The van der Waals surface area contributed by atoms with Gasteiger partial charge in [0.15, 0.2) is 0 Å². The van der Waals surface area contributed by atoms with Crippen molar-refractivity contribution in [3.05, 3.63) is 32.3 Å². The van der Waals surface area contributed by atoms with Crippen molar-refractivity contribution in [1.82, 2.24) is 5.32 Å². The minimum absolute atomic E-state index is 0.228. The Hall–Kier alpha value is -1.03. The highest BCUT2D eigenvalue weighted by Crippen LogP contribution is 2.27. The lowest BCUT2D eigenvalue weighted by atomic mass is 10.0. The van der Waals surface area contributed by atoms with Gasteiger partial charge in [-0.05, 0) is 29.0 Å². The fraction of sp³-hybridized carbons (Fsp3) is 0.500. The number of thiophene rings is 1. The third-order valence-electron chi connectivity index (χ3n) is 2.23. The van der Waals surface area contributed by atoms with Crippen molar-refractivity contribution in [1.29, 1.82) is 0 Å². The molecule has 1 N–H and O–H groups in total. The van der Waals surface area contributed by atoms with Gasteiger partial charge in [-0.3, -0.25) is 0 Å². The molecule has 1 aliphatic heterocycles. The monoisotopic (exact) mass is 194 g/mol. The molecule has 0 bridgehead atoms. The lowest BCUT2D eigenvalue weighted by molar-refractivity contribution is 0.518. The SMILES string of the molecule is [N-]=[N+]=NCC1NCCc2sccc21. The second-order valence-electron chi connectivity index (χ2n) is 2.97. The Bertz CT molecular complexity index is 340. The summed E-state index contributed by atoms with van der Waals surface area (Å²) in [6.07, 6.45) is 1.10. The van der Waals surface area contributed by atoms with E-state index in [0.29, 0.717) is 6.54 Å². The van der Waals surface area contributed by atoms with Crippen LogP contribution in [0.4, 0.5) is 0 Å².